The number of amides is 2. The lowest BCUT2D eigenvalue weighted by molar-refractivity contribution is -0.135. The van der Waals surface area contributed by atoms with Gasteiger partial charge >= 0.3 is 0 Å². The number of aliphatic imine (C=N–C) groups is 1. The second kappa shape index (κ2) is 8.03. The molecule has 1 N–H and O–H groups in total. The van der Waals surface area contributed by atoms with Crippen molar-refractivity contribution in [1.82, 2.24) is 20.0 Å². The Morgan fingerprint density at radius 1 is 1.24 bits per heavy atom. The van der Waals surface area contributed by atoms with Gasteiger partial charge in [0.1, 0.15) is 6.54 Å². The Kier molecular flexibility index (Phi) is 5.78. The van der Waals surface area contributed by atoms with Crippen LogP contribution >= 0.6 is 0 Å². The van der Waals surface area contributed by atoms with Gasteiger partial charge in [-0.25, -0.2) is 4.99 Å². The van der Waals surface area contributed by atoms with E-state index in [9.17, 15) is 9.59 Å². The van der Waals surface area contributed by atoms with Crippen molar-refractivity contribution in [3.8, 4) is 0 Å². The van der Waals surface area contributed by atoms with Gasteiger partial charge in [-0.2, -0.15) is 0 Å². The van der Waals surface area contributed by atoms with Crippen LogP contribution in [0, 0.1) is 0 Å². The van der Waals surface area contributed by atoms with E-state index in [4.69, 9.17) is 4.74 Å². The molecule has 8 heteroatoms. The molecule has 0 atom stereocenters. The van der Waals surface area contributed by atoms with Crippen molar-refractivity contribution in [2.24, 2.45) is 4.99 Å². The van der Waals surface area contributed by atoms with Crippen LogP contribution in [0.2, 0.25) is 0 Å². The molecule has 140 valence electrons. The van der Waals surface area contributed by atoms with Gasteiger partial charge in [-0.05, 0) is 25.7 Å². The van der Waals surface area contributed by atoms with E-state index in [-0.39, 0.29) is 24.4 Å². The zero-order chi connectivity index (χ0) is 17.8. The normalized spacial score (nSPS) is 23.0. The summed E-state index contributed by atoms with van der Waals surface area (Å²) in [5.74, 6) is 0.786. The first-order chi connectivity index (χ1) is 12.0. The molecule has 2 heterocycles. The number of ether oxygens (including phenoxy) is 1. The average molecular weight is 351 g/mol. The molecule has 8 nitrogen and oxygen atoms in total. The maximum Gasteiger partial charge on any atom is 0.243 e. The van der Waals surface area contributed by atoms with Crippen LogP contribution in [0.1, 0.15) is 25.7 Å². The van der Waals surface area contributed by atoms with E-state index in [1.54, 1.807) is 14.1 Å². The molecule has 0 radical (unpaired) electrons. The fourth-order valence-corrected chi connectivity index (χ4v) is 3.18. The molecule has 25 heavy (non-hydrogen) atoms. The van der Waals surface area contributed by atoms with E-state index in [0.29, 0.717) is 18.5 Å². The first kappa shape index (κ1) is 18.0. The number of nitrogens with zero attached hydrogens (tertiary/aromatic N) is 4. The van der Waals surface area contributed by atoms with Gasteiger partial charge in [-0.1, -0.05) is 0 Å². The van der Waals surface area contributed by atoms with Crippen LogP contribution in [0.5, 0.6) is 0 Å². The summed E-state index contributed by atoms with van der Waals surface area (Å²) in [5, 5.41) is 3.45. The van der Waals surface area contributed by atoms with E-state index in [0.717, 1.165) is 52.0 Å². The van der Waals surface area contributed by atoms with Crippen LogP contribution < -0.4 is 5.32 Å². The van der Waals surface area contributed by atoms with Crippen molar-refractivity contribution in [2.75, 3.05) is 53.5 Å². The quantitative estimate of drug-likeness (QED) is 0.546. The summed E-state index contributed by atoms with van der Waals surface area (Å²) in [7, 11) is 3.45. The van der Waals surface area contributed by atoms with Crippen molar-refractivity contribution in [2.45, 2.75) is 37.8 Å². The van der Waals surface area contributed by atoms with Gasteiger partial charge in [0.05, 0.1) is 6.54 Å². The number of carbonyl (C=O) groups is 2. The number of rotatable bonds is 4. The fraction of sp³-hybridized carbons (Fsp3) is 0.824. The minimum absolute atomic E-state index is 0.0470. The highest BCUT2D eigenvalue weighted by Crippen LogP contribution is 2.28. The molecule has 2 aliphatic heterocycles. The molecule has 0 bridgehead atoms. The molecule has 0 spiro atoms. The molecule has 3 aliphatic rings. The summed E-state index contributed by atoms with van der Waals surface area (Å²) < 4.78 is 5.41. The molecule has 3 fully saturated rings. The van der Waals surface area contributed by atoms with Crippen LogP contribution in [-0.2, 0) is 14.3 Å². The number of hydrogen-bond acceptors (Lipinski definition) is 4. The summed E-state index contributed by atoms with van der Waals surface area (Å²) in [6.07, 6.45) is 4.09. The third kappa shape index (κ3) is 4.84. The molecule has 0 unspecified atom stereocenters. The van der Waals surface area contributed by atoms with E-state index < -0.39 is 0 Å². The number of hydrogen-bond donors (Lipinski definition) is 1. The molecule has 3 rings (SSSR count). The van der Waals surface area contributed by atoms with Gasteiger partial charge in [-0.15, -0.1) is 0 Å². The Labute approximate surface area is 149 Å². The average Bonchev–Trinajstić information content (AvgIpc) is 3.44. The summed E-state index contributed by atoms with van der Waals surface area (Å²) >= 11 is 0. The molecule has 1 aliphatic carbocycles. The summed E-state index contributed by atoms with van der Waals surface area (Å²) in [5.41, 5.74) is 0. The SMILES string of the molecule is CN(C)C(=O)CN=C(NC1CCOCC1)N1CCN(C2CC2)C(=O)C1. The Morgan fingerprint density at radius 2 is 1.96 bits per heavy atom. The lowest BCUT2D eigenvalue weighted by Gasteiger charge is -2.37. The Morgan fingerprint density at radius 3 is 2.56 bits per heavy atom. The Balaban J connectivity index is 1.65. The molecule has 2 amide bonds. The zero-order valence-corrected chi connectivity index (χ0v) is 15.2. The topological polar surface area (TPSA) is 77.5 Å². The van der Waals surface area contributed by atoms with Crippen LogP contribution in [0.25, 0.3) is 0 Å². The van der Waals surface area contributed by atoms with Gasteiger partial charge in [-0.3, -0.25) is 9.59 Å². The molecule has 0 aromatic carbocycles. The van der Waals surface area contributed by atoms with Crippen molar-refractivity contribution >= 4 is 17.8 Å². The smallest absolute Gasteiger partial charge is 0.243 e. The third-order valence-electron chi connectivity index (χ3n) is 4.96. The second-order valence-electron chi connectivity index (χ2n) is 7.20. The summed E-state index contributed by atoms with van der Waals surface area (Å²) in [4.78, 5) is 34.4. The Hall–Kier alpha value is -1.83. The van der Waals surface area contributed by atoms with Crippen LogP contribution in [-0.4, -0.2) is 98.0 Å². The van der Waals surface area contributed by atoms with Crippen LogP contribution in [0.4, 0.5) is 0 Å². The van der Waals surface area contributed by atoms with Gasteiger partial charge in [0.25, 0.3) is 0 Å². The molecule has 1 saturated carbocycles. The monoisotopic (exact) mass is 351 g/mol. The van der Waals surface area contributed by atoms with Crippen LogP contribution in [0.3, 0.4) is 0 Å². The lowest BCUT2D eigenvalue weighted by atomic mass is 10.1. The first-order valence-corrected chi connectivity index (χ1v) is 9.18. The number of guanidine groups is 1. The summed E-state index contributed by atoms with van der Waals surface area (Å²) in [6, 6.07) is 0.729. The van der Waals surface area contributed by atoms with Crippen molar-refractivity contribution < 1.29 is 14.3 Å². The minimum atomic E-state index is -0.0470. The molecule has 2 saturated heterocycles. The highest BCUT2D eigenvalue weighted by atomic mass is 16.5. The standard InChI is InChI=1S/C17H29N5O3/c1-20(2)15(23)11-18-17(19-13-5-9-25-10-6-13)21-7-8-22(14-3-4-14)16(24)12-21/h13-14H,3-12H2,1-2H3,(H,18,19). The van der Waals surface area contributed by atoms with Crippen LogP contribution in [0.15, 0.2) is 4.99 Å². The predicted molar refractivity (Wildman–Crippen MR) is 94.3 cm³/mol. The molecule has 0 aromatic rings. The number of likely N-dealkylation sites (N-methyl/N-ethyl adjacent to an activating group) is 1. The minimum Gasteiger partial charge on any atom is -0.381 e. The second-order valence-corrected chi connectivity index (χ2v) is 7.20. The van der Waals surface area contributed by atoms with Gasteiger partial charge < -0.3 is 24.8 Å². The van der Waals surface area contributed by atoms with Gasteiger partial charge in [0, 0.05) is 52.5 Å². The fourth-order valence-electron chi connectivity index (χ4n) is 3.18. The predicted octanol–water partition coefficient (Wildman–Crippen LogP) is -0.494. The highest BCUT2D eigenvalue weighted by Gasteiger charge is 2.36. The third-order valence-corrected chi connectivity index (χ3v) is 4.96. The van der Waals surface area contributed by atoms with Crippen molar-refractivity contribution in [1.29, 1.82) is 0 Å². The zero-order valence-electron chi connectivity index (χ0n) is 15.2. The number of piperazine rings is 1. The lowest BCUT2D eigenvalue weighted by Crippen LogP contribution is -2.57. The molecule has 0 aromatic heterocycles. The molecular weight excluding hydrogens is 322 g/mol. The van der Waals surface area contributed by atoms with E-state index in [2.05, 4.69) is 10.3 Å². The maximum atomic E-state index is 12.4. The van der Waals surface area contributed by atoms with E-state index in [1.165, 1.54) is 4.90 Å². The maximum absolute atomic E-state index is 12.4. The molecular formula is C17H29N5O3. The van der Waals surface area contributed by atoms with Crippen molar-refractivity contribution in [3.63, 3.8) is 0 Å². The first-order valence-electron chi connectivity index (χ1n) is 9.18. The van der Waals surface area contributed by atoms with E-state index >= 15 is 0 Å². The van der Waals surface area contributed by atoms with Gasteiger partial charge in [0.2, 0.25) is 11.8 Å². The highest BCUT2D eigenvalue weighted by molar-refractivity contribution is 5.89. The number of carbonyl (C=O) groups excluding carboxylic acids is 2. The van der Waals surface area contributed by atoms with Crippen molar-refractivity contribution in [3.05, 3.63) is 0 Å². The van der Waals surface area contributed by atoms with E-state index in [1.807, 2.05) is 9.80 Å². The Bertz CT molecular complexity index is 526. The summed E-state index contributed by atoms with van der Waals surface area (Å²) in [6.45, 7) is 3.39. The largest absolute Gasteiger partial charge is 0.381 e. The number of nitrogens with one attached hydrogen (secondary N) is 1. The van der Waals surface area contributed by atoms with Gasteiger partial charge in [0.15, 0.2) is 5.96 Å².